The quantitative estimate of drug-likeness (QED) is 0.565. The van der Waals surface area contributed by atoms with Gasteiger partial charge in [-0.2, -0.15) is 0 Å². The molecule has 2 amide bonds. The van der Waals surface area contributed by atoms with Crippen molar-refractivity contribution in [3.63, 3.8) is 0 Å². The van der Waals surface area contributed by atoms with Crippen molar-refractivity contribution in [2.75, 3.05) is 13.7 Å². The Morgan fingerprint density at radius 3 is 2.47 bits per heavy atom. The summed E-state index contributed by atoms with van der Waals surface area (Å²) in [5.74, 6) is -0.825. The zero-order chi connectivity index (χ0) is 12.7. The molecule has 17 heavy (non-hydrogen) atoms. The molecule has 0 heterocycles. The van der Waals surface area contributed by atoms with Crippen molar-refractivity contribution < 1.29 is 14.4 Å². The van der Waals surface area contributed by atoms with Crippen molar-refractivity contribution in [2.45, 2.75) is 44.1 Å². The minimum Gasteiger partial charge on any atom is -0.368 e. The SMILES string of the molecule is CNC1(CC(=O)NOCC(N)=O)CCCCC1. The van der Waals surface area contributed by atoms with Gasteiger partial charge in [-0.15, -0.1) is 0 Å². The summed E-state index contributed by atoms with van der Waals surface area (Å²) in [6, 6.07) is 0. The number of primary amides is 1. The van der Waals surface area contributed by atoms with Gasteiger partial charge in [-0.1, -0.05) is 19.3 Å². The van der Waals surface area contributed by atoms with Gasteiger partial charge in [0.15, 0.2) is 6.61 Å². The fraction of sp³-hybridized carbons (Fsp3) is 0.818. The minimum atomic E-state index is -0.605. The van der Waals surface area contributed by atoms with E-state index < -0.39 is 5.91 Å². The van der Waals surface area contributed by atoms with Gasteiger partial charge in [0.25, 0.3) is 0 Å². The maximum Gasteiger partial charge on any atom is 0.246 e. The molecule has 0 aromatic carbocycles. The lowest BCUT2D eigenvalue weighted by atomic mass is 9.79. The number of carbonyl (C=O) groups is 2. The molecule has 0 atom stereocenters. The van der Waals surface area contributed by atoms with Gasteiger partial charge < -0.3 is 11.1 Å². The lowest BCUT2D eigenvalue weighted by Crippen LogP contribution is -2.48. The van der Waals surface area contributed by atoms with Crippen LogP contribution in [0.2, 0.25) is 0 Å². The smallest absolute Gasteiger partial charge is 0.246 e. The average molecular weight is 243 g/mol. The van der Waals surface area contributed by atoms with Crippen LogP contribution in [0.25, 0.3) is 0 Å². The van der Waals surface area contributed by atoms with Crippen molar-refractivity contribution in [1.29, 1.82) is 0 Å². The molecule has 1 aliphatic rings. The molecule has 98 valence electrons. The summed E-state index contributed by atoms with van der Waals surface area (Å²) in [7, 11) is 1.88. The van der Waals surface area contributed by atoms with Crippen LogP contribution in [0.4, 0.5) is 0 Å². The van der Waals surface area contributed by atoms with Crippen LogP contribution in [-0.2, 0) is 14.4 Å². The molecule has 6 nitrogen and oxygen atoms in total. The second-order valence-corrected chi connectivity index (χ2v) is 4.55. The average Bonchev–Trinajstić information content (AvgIpc) is 2.29. The van der Waals surface area contributed by atoms with Crippen molar-refractivity contribution in [3.8, 4) is 0 Å². The zero-order valence-electron chi connectivity index (χ0n) is 10.3. The molecule has 0 saturated heterocycles. The third kappa shape index (κ3) is 4.70. The fourth-order valence-electron chi connectivity index (χ4n) is 2.27. The zero-order valence-corrected chi connectivity index (χ0v) is 10.3. The third-order valence-electron chi connectivity index (χ3n) is 3.24. The van der Waals surface area contributed by atoms with Gasteiger partial charge in [-0.05, 0) is 19.9 Å². The van der Waals surface area contributed by atoms with Crippen LogP contribution in [0.5, 0.6) is 0 Å². The predicted octanol–water partition coefficient (Wildman–Crippen LogP) is -0.168. The highest BCUT2D eigenvalue weighted by Crippen LogP contribution is 2.30. The van der Waals surface area contributed by atoms with E-state index in [-0.39, 0.29) is 18.1 Å². The summed E-state index contributed by atoms with van der Waals surface area (Å²) in [6.45, 7) is -0.293. The first kappa shape index (κ1) is 13.9. The largest absolute Gasteiger partial charge is 0.368 e. The first-order valence-electron chi connectivity index (χ1n) is 5.96. The molecule has 0 aromatic rings. The Morgan fingerprint density at radius 1 is 1.29 bits per heavy atom. The molecule has 0 spiro atoms. The van der Waals surface area contributed by atoms with Crippen LogP contribution in [0.15, 0.2) is 0 Å². The molecule has 0 unspecified atom stereocenters. The van der Waals surface area contributed by atoms with Crippen LogP contribution in [0.1, 0.15) is 38.5 Å². The summed E-state index contributed by atoms with van der Waals surface area (Å²) in [5.41, 5.74) is 7.00. The van der Waals surface area contributed by atoms with E-state index in [1.54, 1.807) is 0 Å². The van der Waals surface area contributed by atoms with Gasteiger partial charge in [-0.3, -0.25) is 14.4 Å². The van der Waals surface area contributed by atoms with Gasteiger partial charge >= 0.3 is 0 Å². The summed E-state index contributed by atoms with van der Waals surface area (Å²) in [6.07, 6.45) is 5.84. The maximum atomic E-state index is 11.6. The highest BCUT2D eigenvalue weighted by molar-refractivity contribution is 5.77. The standard InChI is InChI=1S/C11H21N3O3/c1-13-11(5-3-2-4-6-11)7-10(16)14-17-8-9(12)15/h13H,2-8H2,1H3,(H2,12,15)(H,14,16). The van der Waals surface area contributed by atoms with Crippen molar-refractivity contribution in [3.05, 3.63) is 0 Å². The fourth-order valence-corrected chi connectivity index (χ4v) is 2.27. The van der Waals surface area contributed by atoms with E-state index in [1.165, 1.54) is 6.42 Å². The Labute approximate surface area is 101 Å². The van der Waals surface area contributed by atoms with Crippen molar-refractivity contribution in [1.82, 2.24) is 10.8 Å². The first-order chi connectivity index (χ1) is 8.08. The van der Waals surface area contributed by atoms with E-state index in [2.05, 4.69) is 15.6 Å². The van der Waals surface area contributed by atoms with E-state index in [9.17, 15) is 9.59 Å². The number of carbonyl (C=O) groups excluding carboxylic acids is 2. The van der Waals surface area contributed by atoms with Gasteiger partial charge in [0.1, 0.15) is 0 Å². The van der Waals surface area contributed by atoms with Crippen LogP contribution in [0, 0.1) is 0 Å². The number of hydroxylamine groups is 1. The van der Waals surface area contributed by atoms with Crippen molar-refractivity contribution in [2.24, 2.45) is 5.73 Å². The van der Waals surface area contributed by atoms with Crippen LogP contribution >= 0.6 is 0 Å². The Kier molecular flexibility index (Phi) is 5.37. The molecule has 1 saturated carbocycles. The minimum absolute atomic E-state index is 0.127. The monoisotopic (exact) mass is 243 g/mol. The number of nitrogens with two attached hydrogens (primary N) is 1. The molecule has 0 aromatic heterocycles. The Morgan fingerprint density at radius 2 is 1.94 bits per heavy atom. The Bertz CT molecular complexity index is 275. The van der Waals surface area contributed by atoms with E-state index in [0.717, 1.165) is 25.7 Å². The molecular weight excluding hydrogens is 222 g/mol. The van der Waals surface area contributed by atoms with Crippen LogP contribution in [-0.4, -0.2) is 31.0 Å². The van der Waals surface area contributed by atoms with E-state index >= 15 is 0 Å². The number of nitrogens with one attached hydrogen (secondary N) is 2. The molecule has 0 bridgehead atoms. The second kappa shape index (κ2) is 6.56. The van der Waals surface area contributed by atoms with Crippen LogP contribution < -0.4 is 16.5 Å². The number of amides is 2. The lowest BCUT2D eigenvalue weighted by Gasteiger charge is -2.36. The first-order valence-corrected chi connectivity index (χ1v) is 5.96. The normalized spacial score (nSPS) is 18.6. The number of hydrogen-bond acceptors (Lipinski definition) is 4. The van der Waals surface area contributed by atoms with Crippen LogP contribution in [0.3, 0.4) is 0 Å². The molecular formula is C11H21N3O3. The topological polar surface area (TPSA) is 93.4 Å². The van der Waals surface area contributed by atoms with Crippen molar-refractivity contribution >= 4 is 11.8 Å². The summed E-state index contributed by atoms with van der Waals surface area (Å²) in [5, 5.41) is 3.24. The molecule has 6 heteroatoms. The molecule has 0 radical (unpaired) electrons. The highest BCUT2D eigenvalue weighted by Gasteiger charge is 2.32. The van der Waals surface area contributed by atoms with Gasteiger partial charge in [0.2, 0.25) is 11.8 Å². The molecule has 1 fully saturated rings. The second-order valence-electron chi connectivity index (χ2n) is 4.55. The highest BCUT2D eigenvalue weighted by atomic mass is 16.7. The molecule has 0 aliphatic heterocycles. The predicted molar refractivity (Wildman–Crippen MR) is 62.8 cm³/mol. The van der Waals surface area contributed by atoms with Gasteiger partial charge in [0.05, 0.1) is 0 Å². The summed E-state index contributed by atoms with van der Waals surface area (Å²) < 4.78 is 0. The molecule has 1 aliphatic carbocycles. The van der Waals surface area contributed by atoms with E-state index in [4.69, 9.17) is 5.73 Å². The number of rotatable bonds is 6. The summed E-state index contributed by atoms with van der Waals surface area (Å²) in [4.78, 5) is 26.7. The lowest BCUT2D eigenvalue weighted by molar-refractivity contribution is -0.139. The van der Waals surface area contributed by atoms with E-state index in [1.807, 2.05) is 7.05 Å². The Balaban J connectivity index is 2.34. The summed E-state index contributed by atoms with van der Waals surface area (Å²) >= 11 is 0. The van der Waals surface area contributed by atoms with E-state index in [0.29, 0.717) is 6.42 Å². The van der Waals surface area contributed by atoms with Gasteiger partial charge in [-0.25, -0.2) is 5.48 Å². The molecule has 4 N–H and O–H groups in total. The van der Waals surface area contributed by atoms with Gasteiger partial charge in [0, 0.05) is 12.0 Å². The Hall–Kier alpha value is -1.14. The molecule has 1 rings (SSSR count). The number of hydrogen-bond donors (Lipinski definition) is 3. The third-order valence-corrected chi connectivity index (χ3v) is 3.24. The maximum absolute atomic E-state index is 11.6.